The molecule has 1 atom stereocenters. The summed E-state index contributed by atoms with van der Waals surface area (Å²) in [6.45, 7) is 0.918. The van der Waals surface area contributed by atoms with Crippen LogP contribution in [-0.4, -0.2) is 31.9 Å². The highest BCUT2D eigenvalue weighted by atomic mass is 16.5. The van der Waals surface area contributed by atoms with Crippen LogP contribution in [0.2, 0.25) is 0 Å². The maximum absolute atomic E-state index is 11.2. The number of benzene rings is 1. The number of anilines is 1. The highest BCUT2D eigenvalue weighted by Gasteiger charge is 2.14. The van der Waals surface area contributed by atoms with Crippen molar-refractivity contribution in [1.29, 1.82) is 0 Å². The highest BCUT2D eigenvalue weighted by molar-refractivity contribution is 5.75. The second-order valence-electron chi connectivity index (χ2n) is 4.21. The molecule has 1 unspecified atom stereocenters. The molecule has 18 heavy (non-hydrogen) atoms. The van der Waals surface area contributed by atoms with Crippen LogP contribution in [0.15, 0.2) is 29.4 Å². The lowest BCUT2D eigenvalue weighted by Gasteiger charge is -2.14. The summed E-state index contributed by atoms with van der Waals surface area (Å²) < 4.78 is 4.60. The first-order valence-corrected chi connectivity index (χ1v) is 5.93. The van der Waals surface area contributed by atoms with Crippen LogP contribution in [0.3, 0.4) is 0 Å². The minimum Gasteiger partial charge on any atom is -0.468 e. The topological polar surface area (TPSA) is 67.9 Å². The van der Waals surface area contributed by atoms with Gasteiger partial charge in [-0.2, -0.15) is 5.10 Å². The van der Waals surface area contributed by atoms with Gasteiger partial charge in [-0.25, -0.2) is 0 Å². The molecular formula is C13H17N3O2. The number of nitrogens with zero attached hydrogens (tertiary/aromatic N) is 2. The molecular weight excluding hydrogens is 230 g/mol. The molecule has 0 spiro atoms. The average Bonchev–Trinajstić information content (AvgIpc) is 2.92. The van der Waals surface area contributed by atoms with Crippen molar-refractivity contribution < 1.29 is 9.53 Å². The van der Waals surface area contributed by atoms with Crippen LogP contribution < -0.4 is 10.7 Å². The summed E-state index contributed by atoms with van der Waals surface area (Å²) in [5, 5.41) is 6.20. The van der Waals surface area contributed by atoms with E-state index in [0.29, 0.717) is 6.42 Å². The van der Waals surface area contributed by atoms with Crippen LogP contribution in [0, 0.1) is 0 Å². The van der Waals surface area contributed by atoms with Crippen molar-refractivity contribution >= 4 is 17.9 Å². The van der Waals surface area contributed by atoms with Crippen molar-refractivity contribution in [1.82, 2.24) is 0 Å². The molecule has 0 aromatic heterocycles. The lowest BCUT2D eigenvalue weighted by atomic mass is 10.1. The maximum Gasteiger partial charge on any atom is 0.322 e. The van der Waals surface area contributed by atoms with Gasteiger partial charge >= 0.3 is 5.97 Å². The number of nitrogens with two attached hydrogens (primary N) is 1. The molecule has 2 N–H and O–H groups in total. The summed E-state index contributed by atoms with van der Waals surface area (Å²) in [4.78, 5) is 11.2. The molecule has 1 aliphatic heterocycles. The number of rotatable bonds is 4. The number of carbonyl (C=O) groups excluding carboxylic acids is 1. The standard InChI is InChI=1S/C13H17N3O2/c1-18-13(17)12(14)9-10-3-5-11(6-4-10)16-8-2-7-15-16/h3-7,12H,2,8-9,14H2,1H3. The average molecular weight is 247 g/mol. The smallest absolute Gasteiger partial charge is 0.322 e. The van der Waals surface area contributed by atoms with Crippen LogP contribution in [0.1, 0.15) is 12.0 Å². The molecule has 0 bridgehead atoms. The molecule has 1 heterocycles. The first-order valence-electron chi connectivity index (χ1n) is 5.93. The number of hydrazone groups is 1. The lowest BCUT2D eigenvalue weighted by molar-refractivity contribution is -0.142. The molecule has 0 aliphatic carbocycles. The van der Waals surface area contributed by atoms with Crippen LogP contribution >= 0.6 is 0 Å². The number of ether oxygens (including phenoxy) is 1. The van der Waals surface area contributed by atoms with Crippen LogP contribution in [0.4, 0.5) is 5.69 Å². The molecule has 1 aromatic carbocycles. The monoisotopic (exact) mass is 247 g/mol. The predicted molar refractivity (Wildman–Crippen MR) is 70.6 cm³/mol. The van der Waals surface area contributed by atoms with Crippen LogP contribution in [0.5, 0.6) is 0 Å². The van der Waals surface area contributed by atoms with Crippen LogP contribution in [-0.2, 0) is 16.0 Å². The molecule has 1 aromatic rings. The largest absolute Gasteiger partial charge is 0.468 e. The van der Waals surface area contributed by atoms with E-state index in [1.807, 2.05) is 35.5 Å². The number of hydrogen-bond acceptors (Lipinski definition) is 5. The quantitative estimate of drug-likeness (QED) is 0.803. The van der Waals surface area contributed by atoms with E-state index in [2.05, 4.69) is 9.84 Å². The molecule has 2 rings (SSSR count). The van der Waals surface area contributed by atoms with Gasteiger partial charge in [0.05, 0.1) is 12.8 Å². The normalized spacial score (nSPS) is 15.8. The minimum atomic E-state index is -0.606. The van der Waals surface area contributed by atoms with E-state index in [1.165, 1.54) is 7.11 Å². The first kappa shape index (κ1) is 12.6. The van der Waals surface area contributed by atoms with Gasteiger partial charge < -0.3 is 10.5 Å². The van der Waals surface area contributed by atoms with Gasteiger partial charge in [-0.3, -0.25) is 9.80 Å². The Morgan fingerprint density at radius 1 is 1.50 bits per heavy atom. The van der Waals surface area contributed by atoms with Crippen molar-refractivity contribution in [2.24, 2.45) is 10.8 Å². The van der Waals surface area contributed by atoms with E-state index >= 15 is 0 Å². The van der Waals surface area contributed by atoms with E-state index < -0.39 is 6.04 Å². The number of esters is 1. The molecule has 0 saturated heterocycles. The summed E-state index contributed by atoms with van der Waals surface area (Å²) in [6.07, 6.45) is 3.37. The Labute approximate surface area is 106 Å². The zero-order valence-electron chi connectivity index (χ0n) is 10.4. The van der Waals surface area contributed by atoms with E-state index in [0.717, 1.165) is 24.2 Å². The Bertz CT molecular complexity index is 442. The Balaban J connectivity index is 1.99. The van der Waals surface area contributed by atoms with Gasteiger partial charge in [0.15, 0.2) is 0 Å². The van der Waals surface area contributed by atoms with Crippen molar-refractivity contribution in [3.05, 3.63) is 29.8 Å². The van der Waals surface area contributed by atoms with Crippen molar-refractivity contribution in [2.45, 2.75) is 18.9 Å². The Kier molecular flexibility index (Phi) is 3.94. The van der Waals surface area contributed by atoms with Gasteiger partial charge in [-0.1, -0.05) is 12.1 Å². The third-order valence-electron chi connectivity index (χ3n) is 2.88. The second kappa shape index (κ2) is 5.64. The summed E-state index contributed by atoms with van der Waals surface area (Å²) in [5.41, 5.74) is 7.78. The minimum absolute atomic E-state index is 0.386. The SMILES string of the molecule is COC(=O)C(N)Cc1ccc(N2CCC=N2)cc1. The van der Waals surface area contributed by atoms with Gasteiger partial charge in [-0.15, -0.1) is 0 Å². The molecule has 96 valence electrons. The Morgan fingerprint density at radius 2 is 2.22 bits per heavy atom. The van der Waals surface area contributed by atoms with Gasteiger partial charge in [0.2, 0.25) is 0 Å². The predicted octanol–water partition coefficient (Wildman–Crippen LogP) is 0.925. The molecule has 0 amide bonds. The Morgan fingerprint density at radius 3 is 2.78 bits per heavy atom. The van der Waals surface area contributed by atoms with Crippen molar-refractivity contribution in [3.8, 4) is 0 Å². The van der Waals surface area contributed by atoms with Gasteiger partial charge in [0, 0.05) is 19.2 Å². The van der Waals surface area contributed by atoms with Gasteiger partial charge in [-0.05, 0) is 24.1 Å². The first-order chi connectivity index (χ1) is 8.70. The molecule has 0 saturated carbocycles. The molecule has 1 aliphatic rings. The third kappa shape index (κ3) is 2.87. The zero-order valence-corrected chi connectivity index (χ0v) is 10.4. The number of methoxy groups -OCH3 is 1. The van der Waals surface area contributed by atoms with Crippen LogP contribution in [0.25, 0.3) is 0 Å². The molecule has 5 nitrogen and oxygen atoms in total. The van der Waals surface area contributed by atoms with E-state index in [1.54, 1.807) is 0 Å². The molecule has 0 radical (unpaired) electrons. The van der Waals surface area contributed by atoms with Gasteiger partial charge in [0.25, 0.3) is 0 Å². The Hall–Kier alpha value is -1.88. The van der Waals surface area contributed by atoms with Gasteiger partial charge in [0.1, 0.15) is 6.04 Å². The summed E-state index contributed by atoms with van der Waals surface area (Å²) in [7, 11) is 1.34. The number of carbonyl (C=O) groups is 1. The summed E-state index contributed by atoms with van der Waals surface area (Å²) in [5.74, 6) is -0.386. The fraction of sp³-hybridized carbons (Fsp3) is 0.385. The fourth-order valence-electron chi connectivity index (χ4n) is 1.88. The van der Waals surface area contributed by atoms with E-state index in [4.69, 9.17) is 5.73 Å². The fourth-order valence-corrected chi connectivity index (χ4v) is 1.88. The molecule has 5 heteroatoms. The van der Waals surface area contributed by atoms with E-state index in [9.17, 15) is 4.79 Å². The zero-order chi connectivity index (χ0) is 13.0. The summed E-state index contributed by atoms with van der Waals surface area (Å²) >= 11 is 0. The van der Waals surface area contributed by atoms with Crippen molar-refractivity contribution in [2.75, 3.05) is 18.7 Å². The van der Waals surface area contributed by atoms with E-state index in [-0.39, 0.29) is 5.97 Å². The highest BCUT2D eigenvalue weighted by Crippen LogP contribution is 2.18. The lowest BCUT2D eigenvalue weighted by Crippen LogP contribution is -2.33. The maximum atomic E-state index is 11.2. The van der Waals surface area contributed by atoms with Crippen molar-refractivity contribution in [3.63, 3.8) is 0 Å². The number of hydrogen-bond donors (Lipinski definition) is 1. The second-order valence-corrected chi connectivity index (χ2v) is 4.21. The molecule has 0 fully saturated rings. The third-order valence-corrected chi connectivity index (χ3v) is 2.88. The summed E-state index contributed by atoms with van der Waals surface area (Å²) in [6, 6.07) is 7.30.